The molecule has 0 aromatic carbocycles. The third-order valence-corrected chi connectivity index (χ3v) is 1.56. The van der Waals surface area contributed by atoms with E-state index in [1.54, 1.807) is 18.5 Å². The average Bonchev–Trinajstić information content (AvgIpc) is 2.56. The van der Waals surface area contributed by atoms with Crippen LogP contribution in [0.2, 0.25) is 0 Å². The smallest absolute Gasteiger partial charge is 0.124 e. The predicted octanol–water partition coefficient (Wildman–Crippen LogP) is 1.05. The van der Waals surface area contributed by atoms with Crippen LogP contribution >= 0.6 is 0 Å². The number of nitrogens with zero attached hydrogens (tertiary/aromatic N) is 2. The highest BCUT2D eigenvalue weighted by atomic mass is 15.1. The van der Waals surface area contributed by atoms with Crippen LogP contribution in [0.15, 0.2) is 30.6 Å². The maximum absolute atomic E-state index is 5.52. The Labute approximate surface area is 69.4 Å². The molecule has 0 atom stereocenters. The molecule has 2 aromatic rings. The van der Waals surface area contributed by atoms with E-state index in [9.17, 15) is 0 Å². The molecule has 0 aliphatic carbocycles. The summed E-state index contributed by atoms with van der Waals surface area (Å²) in [4.78, 5) is 4.13. The maximum Gasteiger partial charge on any atom is 0.124 e. The number of aromatic amines is 1. The lowest BCUT2D eigenvalue weighted by molar-refractivity contribution is 1.09. The van der Waals surface area contributed by atoms with Crippen LogP contribution in [-0.4, -0.2) is 15.2 Å². The van der Waals surface area contributed by atoms with Gasteiger partial charge in [0.1, 0.15) is 5.82 Å². The first kappa shape index (κ1) is 6.84. The number of nitrogens with one attached hydrogen (secondary N) is 1. The van der Waals surface area contributed by atoms with E-state index in [0.717, 1.165) is 11.3 Å². The highest BCUT2D eigenvalue weighted by molar-refractivity contribution is 5.58. The molecular weight excluding hydrogens is 152 g/mol. The first-order valence-electron chi connectivity index (χ1n) is 3.58. The molecule has 0 spiro atoms. The zero-order chi connectivity index (χ0) is 8.39. The van der Waals surface area contributed by atoms with Gasteiger partial charge in [0, 0.05) is 11.8 Å². The lowest BCUT2D eigenvalue weighted by atomic mass is 10.2. The van der Waals surface area contributed by atoms with Crippen LogP contribution in [0.4, 0.5) is 5.82 Å². The average molecular weight is 160 g/mol. The molecule has 0 aliphatic rings. The van der Waals surface area contributed by atoms with E-state index in [4.69, 9.17) is 5.73 Å². The first-order valence-corrected chi connectivity index (χ1v) is 3.58. The van der Waals surface area contributed by atoms with Crippen LogP contribution in [-0.2, 0) is 0 Å². The zero-order valence-corrected chi connectivity index (χ0v) is 6.36. The summed E-state index contributed by atoms with van der Waals surface area (Å²) in [5.74, 6) is 0.522. The van der Waals surface area contributed by atoms with E-state index in [1.807, 2.05) is 12.1 Å². The van der Waals surface area contributed by atoms with Crippen molar-refractivity contribution < 1.29 is 0 Å². The van der Waals surface area contributed by atoms with Gasteiger partial charge in [0.2, 0.25) is 0 Å². The van der Waals surface area contributed by atoms with Crippen molar-refractivity contribution in [3.8, 4) is 11.3 Å². The van der Waals surface area contributed by atoms with Gasteiger partial charge in [-0.2, -0.15) is 5.10 Å². The van der Waals surface area contributed by atoms with Crippen LogP contribution in [0.1, 0.15) is 0 Å². The lowest BCUT2D eigenvalue weighted by Crippen LogP contribution is -1.90. The molecular formula is C8H8N4. The van der Waals surface area contributed by atoms with E-state index < -0.39 is 0 Å². The third-order valence-electron chi connectivity index (χ3n) is 1.56. The van der Waals surface area contributed by atoms with Crippen molar-refractivity contribution in [2.45, 2.75) is 0 Å². The number of rotatable bonds is 1. The van der Waals surface area contributed by atoms with Crippen molar-refractivity contribution in [2.24, 2.45) is 0 Å². The van der Waals surface area contributed by atoms with Crippen LogP contribution in [0, 0.1) is 0 Å². The molecule has 0 saturated carbocycles. The van der Waals surface area contributed by atoms with E-state index in [1.165, 1.54) is 0 Å². The van der Waals surface area contributed by atoms with Crippen LogP contribution in [0.3, 0.4) is 0 Å². The Morgan fingerprint density at radius 2 is 2.25 bits per heavy atom. The Hall–Kier alpha value is -1.84. The minimum atomic E-state index is 0.522. The minimum Gasteiger partial charge on any atom is -0.384 e. The number of pyridine rings is 1. The highest BCUT2D eigenvalue weighted by Crippen LogP contribution is 2.14. The quantitative estimate of drug-likeness (QED) is 0.655. The minimum absolute atomic E-state index is 0.522. The third kappa shape index (κ3) is 1.14. The fourth-order valence-corrected chi connectivity index (χ4v) is 1.00. The lowest BCUT2D eigenvalue weighted by Gasteiger charge is -1.95. The first-order chi connectivity index (χ1) is 5.86. The molecule has 2 rings (SSSR count). The van der Waals surface area contributed by atoms with Gasteiger partial charge in [-0.05, 0) is 12.1 Å². The van der Waals surface area contributed by atoms with E-state index in [0.29, 0.717) is 5.82 Å². The molecule has 4 heteroatoms. The van der Waals surface area contributed by atoms with Gasteiger partial charge in [-0.25, -0.2) is 4.98 Å². The fourth-order valence-electron chi connectivity index (χ4n) is 1.00. The van der Waals surface area contributed by atoms with Crippen molar-refractivity contribution in [1.82, 2.24) is 15.2 Å². The second-order valence-electron chi connectivity index (χ2n) is 2.43. The number of nitrogen functional groups attached to an aromatic ring is 1. The van der Waals surface area contributed by atoms with E-state index in [2.05, 4.69) is 15.2 Å². The van der Waals surface area contributed by atoms with E-state index in [-0.39, 0.29) is 0 Å². The van der Waals surface area contributed by atoms with E-state index >= 15 is 0 Å². The summed E-state index contributed by atoms with van der Waals surface area (Å²) < 4.78 is 0. The summed E-state index contributed by atoms with van der Waals surface area (Å²) in [6.07, 6.45) is 3.49. The Kier molecular flexibility index (Phi) is 1.51. The zero-order valence-electron chi connectivity index (χ0n) is 6.36. The second-order valence-corrected chi connectivity index (χ2v) is 2.43. The van der Waals surface area contributed by atoms with Crippen molar-refractivity contribution in [3.05, 3.63) is 30.6 Å². The normalized spacial score (nSPS) is 10.0. The number of H-pyrrole nitrogens is 1. The molecule has 2 aromatic heterocycles. The standard InChI is InChI=1S/C8H8N4/c9-8-3-1-2-7(12-8)6-4-10-11-5-6/h1-5H,(H2,9,12)(H,10,11). The van der Waals surface area contributed by atoms with Gasteiger partial charge >= 0.3 is 0 Å². The summed E-state index contributed by atoms with van der Waals surface area (Å²) in [5.41, 5.74) is 7.31. The Morgan fingerprint density at radius 3 is 2.92 bits per heavy atom. The molecule has 0 aliphatic heterocycles. The van der Waals surface area contributed by atoms with Crippen LogP contribution in [0.25, 0.3) is 11.3 Å². The number of hydrogen-bond donors (Lipinski definition) is 2. The summed E-state index contributed by atoms with van der Waals surface area (Å²) in [6.45, 7) is 0. The topological polar surface area (TPSA) is 67.6 Å². The van der Waals surface area contributed by atoms with Gasteiger partial charge in [-0.15, -0.1) is 0 Å². The summed E-state index contributed by atoms with van der Waals surface area (Å²) in [5, 5.41) is 6.54. The maximum atomic E-state index is 5.52. The number of nitrogens with two attached hydrogens (primary N) is 1. The fraction of sp³-hybridized carbons (Fsp3) is 0. The molecule has 0 unspecified atom stereocenters. The second kappa shape index (κ2) is 2.65. The molecule has 60 valence electrons. The number of hydrogen-bond acceptors (Lipinski definition) is 3. The molecule has 0 fully saturated rings. The van der Waals surface area contributed by atoms with Gasteiger partial charge in [0.05, 0.1) is 11.9 Å². The van der Waals surface area contributed by atoms with Crippen molar-refractivity contribution in [3.63, 3.8) is 0 Å². The Bertz CT molecular complexity index is 366. The molecule has 12 heavy (non-hydrogen) atoms. The van der Waals surface area contributed by atoms with Crippen molar-refractivity contribution in [2.75, 3.05) is 5.73 Å². The van der Waals surface area contributed by atoms with Crippen molar-refractivity contribution in [1.29, 1.82) is 0 Å². The van der Waals surface area contributed by atoms with Gasteiger partial charge < -0.3 is 5.73 Å². The molecule has 0 amide bonds. The summed E-state index contributed by atoms with van der Waals surface area (Å²) >= 11 is 0. The van der Waals surface area contributed by atoms with Crippen LogP contribution < -0.4 is 5.73 Å². The molecule has 0 radical (unpaired) electrons. The van der Waals surface area contributed by atoms with Gasteiger partial charge in [0.25, 0.3) is 0 Å². The molecule has 0 saturated heterocycles. The highest BCUT2D eigenvalue weighted by Gasteiger charge is 1.98. The predicted molar refractivity (Wildman–Crippen MR) is 46.2 cm³/mol. The largest absolute Gasteiger partial charge is 0.384 e. The van der Waals surface area contributed by atoms with Gasteiger partial charge in [-0.3, -0.25) is 5.10 Å². The monoisotopic (exact) mass is 160 g/mol. The van der Waals surface area contributed by atoms with Crippen molar-refractivity contribution >= 4 is 5.82 Å². The Balaban J connectivity index is 2.48. The number of aromatic nitrogens is 3. The SMILES string of the molecule is Nc1cccc(-c2cn[nH]c2)n1. The summed E-state index contributed by atoms with van der Waals surface area (Å²) in [6, 6.07) is 5.51. The molecule has 0 bridgehead atoms. The van der Waals surface area contributed by atoms with Gasteiger partial charge in [0.15, 0.2) is 0 Å². The van der Waals surface area contributed by atoms with Crippen LogP contribution in [0.5, 0.6) is 0 Å². The molecule has 4 nitrogen and oxygen atoms in total. The van der Waals surface area contributed by atoms with Gasteiger partial charge in [-0.1, -0.05) is 6.07 Å². The molecule has 2 heterocycles. The number of anilines is 1. The molecule has 3 N–H and O–H groups in total. The summed E-state index contributed by atoms with van der Waals surface area (Å²) in [7, 11) is 0. The Morgan fingerprint density at radius 1 is 1.33 bits per heavy atom.